The molecule has 8 aromatic carbocycles. The predicted molar refractivity (Wildman–Crippen MR) is 493 cm³/mol. The van der Waals surface area contributed by atoms with Crippen LogP contribution in [0.3, 0.4) is 0 Å². The molecular weight excluding hydrogens is 1830 g/mol. The number of methoxy groups -OCH3 is 2. The van der Waals surface area contributed by atoms with E-state index in [2.05, 4.69) is 57.1 Å². The summed E-state index contributed by atoms with van der Waals surface area (Å²) >= 11 is 3.37. The van der Waals surface area contributed by atoms with E-state index in [1.807, 2.05) is 58.5 Å². The lowest BCUT2D eigenvalue weighted by Crippen LogP contribution is -2.41. The summed E-state index contributed by atoms with van der Waals surface area (Å²) in [6.07, 6.45) is -1.83. The average Bonchev–Trinajstić information content (AvgIpc) is 1.60. The Bertz CT molecular complexity index is 6450. The number of nitrogens with one attached hydrogen (secondary N) is 4. The molecule has 4 aromatic heterocycles. The zero-order valence-electron chi connectivity index (χ0n) is 73.6. The van der Waals surface area contributed by atoms with E-state index >= 15 is 0 Å². The Balaban J connectivity index is 0.000000145. The fourth-order valence-corrected chi connectivity index (χ4v) is 16.9. The third-order valence-electron chi connectivity index (χ3n) is 23.3. The number of fused-ring (bicyclic) bond motifs is 4. The molecule has 0 spiro atoms. The highest BCUT2D eigenvalue weighted by molar-refractivity contribution is 9.10. The van der Waals surface area contributed by atoms with Crippen molar-refractivity contribution in [2.75, 3.05) is 161 Å². The summed E-state index contributed by atoms with van der Waals surface area (Å²) < 4.78 is 105. The molecule has 8 heterocycles. The van der Waals surface area contributed by atoms with Crippen LogP contribution in [0.25, 0.3) is 44.1 Å². The minimum atomic E-state index is -4.58. The van der Waals surface area contributed by atoms with Gasteiger partial charge in [0.15, 0.2) is 0 Å². The van der Waals surface area contributed by atoms with E-state index in [1.54, 1.807) is 95.5 Å². The topological polar surface area (TPSA) is 429 Å². The molecule has 4 aliphatic heterocycles. The number of nitriles is 1. The van der Waals surface area contributed by atoms with Gasteiger partial charge in [0.2, 0.25) is 23.8 Å². The first kappa shape index (κ1) is 97.3. The molecule has 17 rings (SSSR count). The summed E-state index contributed by atoms with van der Waals surface area (Å²) in [6, 6.07) is 42.6. The molecule has 0 bridgehead atoms. The molecule has 708 valence electrons. The molecule has 41 heteroatoms. The van der Waals surface area contributed by atoms with Crippen LogP contribution < -0.4 is 50.3 Å². The summed E-state index contributed by atoms with van der Waals surface area (Å²) in [4.78, 5) is 126. The van der Waals surface area contributed by atoms with Gasteiger partial charge in [-0.3, -0.25) is 59.6 Å². The van der Waals surface area contributed by atoms with E-state index in [0.29, 0.717) is 177 Å². The van der Waals surface area contributed by atoms with Gasteiger partial charge in [0.25, 0.3) is 53.7 Å². The second-order valence-corrected chi connectivity index (χ2v) is 32.9. The molecule has 8 amide bonds. The smallest absolute Gasteiger partial charge is 0.416 e. The second-order valence-electron chi connectivity index (χ2n) is 32.0. The van der Waals surface area contributed by atoms with Crippen LogP contribution in [0.2, 0.25) is 0 Å². The molecule has 0 radical (unpaired) electrons. The van der Waals surface area contributed by atoms with Crippen LogP contribution >= 0.6 is 15.9 Å². The summed E-state index contributed by atoms with van der Waals surface area (Å²) in [5.74, 6) is -0.815. The minimum absolute atomic E-state index is 0.0155. The maximum Gasteiger partial charge on any atom is 0.416 e. The van der Waals surface area contributed by atoms with Crippen LogP contribution in [0.15, 0.2) is 162 Å². The minimum Gasteiger partial charge on any atom is -0.495 e. The molecule has 35 nitrogen and oxygen atoms in total. The van der Waals surface area contributed by atoms with Gasteiger partial charge in [0, 0.05) is 121 Å². The van der Waals surface area contributed by atoms with Crippen LogP contribution in [0.1, 0.15) is 129 Å². The number of aryl methyl sites for hydroxylation is 2. The van der Waals surface area contributed by atoms with Crippen LogP contribution in [-0.4, -0.2) is 226 Å². The number of amides is 8. The Morgan fingerprint density at radius 2 is 0.948 bits per heavy atom. The van der Waals surface area contributed by atoms with Crippen molar-refractivity contribution in [3.05, 3.63) is 201 Å². The Labute approximate surface area is 777 Å². The molecule has 4 saturated heterocycles. The van der Waals surface area contributed by atoms with Crippen molar-refractivity contribution in [2.24, 2.45) is 0 Å². The Kier molecular flexibility index (Phi) is 31.7. The van der Waals surface area contributed by atoms with E-state index in [9.17, 15) is 86.0 Å². The van der Waals surface area contributed by atoms with Gasteiger partial charge in [-0.1, -0.05) is 59.5 Å². The third-order valence-corrected chi connectivity index (χ3v) is 23.8. The number of anilines is 8. The number of imidazole rings is 4. The van der Waals surface area contributed by atoms with Gasteiger partial charge in [-0.25, -0.2) is 28.7 Å². The quantitative estimate of drug-likeness (QED) is 0.0233. The first-order valence-electron chi connectivity index (χ1n) is 43.4. The highest BCUT2D eigenvalue weighted by atomic mass is 79.9. The number of hydrogen-bond donors (Lipinski definition) is 8. The zero-order chi connectivity index (χ0) is 95.8. The number of halogens is 6. The number of rotatable bonds is 26. The van der Waals surface area contributed by atoms with Crippen LogP contribution in [0.4, 0.5) is 68.5 Å². The van der Waals surface area contributed by atoms with Crippen molar-refractivity contribution in [1.82, 2.24) is 38.2 Å². The van der Waals surface area contributed by atoms with E-state index in [-0.39, 0.29) is 128 Å². The van der Waals surface area contributed by atoms with Gasteiger partial charge in [-0.05, 0) is 166 Å². The largest absolute Gasteiger partial charge is 0.495 e. The van der Waals surface area contributed by atoms with Gasteiger partial charge in [-0.2, -0.15) is 18.4 Å². The fourth-order valence-electron chi connectivity index (χ4n) is 16.5. The summed E-state index contributed by atoms with van der Waals surface area (Å²) in [5.41, 5.74) is 6.73. The third kappa shape index (κ3) is 22.4. The first-order chi connectivity index (χ1) is 65.2. The van der Waals surface area contributed by atoms with E-state index in [1.165, 1.54) is 50.6 Å². The maximum atomic E-state index is 13.2. The lowest BCUT2D eigenvalue weighted by Gasteiger charge is -2.38. The van der Waals surface area contributed by atoms with Gasteiger partial charge in [-0.15, -0.1) is 0 Å². The van der Waals surface area contributed by atoms with Crippen molar-refractivity contribution in [1.29, 1.82) is 5.26 Å². The Hall–Kier alpha value is -13.7. The number of aliphatic hydroxyl groups excluding tert-OH is 4. The molecule has 12 aromatic rings. The first-order valence-corrected chi connectivity index (χ1v) is 44.2. The van der Waals surface area contributed by atoms with Crippen molar-refractivity contribution in [3.8, 4) is 17.6 Å². The summed E-state index contributed by atoms with van der Waals surface area (Å²) in [6.45, 7) is 6.00. The highest BCUT2D eigenvalue weighted by Crippen LogP contribution is 2.43. The fraction of sp³-hybridized carbons (Fsp3) is 0.351. The van der Waals surface area contributed by atoms with Gasteiger partial charge >= 0.3 is 6.18 Å². The summed E-state index contributed by atoms with van der Waals surface area (Å²) in [5, 5.41) is 59.0. The average molecular weight is 1930 g/mol. The lowest BCUT2D eigenvalue weighted by atomic mass is 9.82. The number of carbonyl (C=O) groups excluding carboxylic acids is 8. The molecular formula is C94H97BrF5N17O18. The molecule has 5 fully saturated rings. The maximum absolute atomic E-state index is 13.2. The number of aliphatic hydroxyl groups is 4. The standard InChI is InChI=1S/C26H27F3N4O4.C24H26F2N4O5.C23H23N5O5.C21H21BrN4O4/c27-26(28,29)18-6-4-5-17(13-18)23(36)31-24-30-20-14-19(32-11-12-37-15-22(32)35)7-8-21(20)33(24)25(16-34)9-2-1-3-10-25;1-14(6-8-31)30-18-12-20(34-2)19(29-7-9-35-13-21(29)32)11-17(18)27-24(30)28-23(33)16-5-3-4-15(10-16)22(25)26;1-32-20-6-3-15(11-16(20)13-24)22(31)26-23-25-18-12-17(27-8-10-33-14-21(27)30)4-5-19(18)28(23)7-2-9-29;22-15-4-1-3-14(11-15)20(29)24-21-23-17-12-16(25-8-10-30-13-19(25)28)5-6-18(17)26(21)7-2-9-27/h4-8,13-14,34H,1-3,9-12,15-16H2,(H,30,31,36);3-5,10-12,14,22,31H,6-9,13H2,1-2H3,(H,27,28,33);3-6,11-12,29H,2,7-10,14H2,1H3,(H,25,26,31);1,3-6,11-12,27H,2,7-10,13H2,(H,23,24,29)/t;14-;;/m.1../s1. The Morgan fingerprint density at radius 1 is 0.504 bits per heavy atom. The van der Waals surface area contributed by atoms with Gasteiger partial charge in [0.05, 0.1) is 114 Å². The zero-order valence-corrected chi connectivity index (χ0v) is 75.2. The number of hydrogen-bond acceptors (Lipinski definition) is 23. The van der Waals surface area contributed by atoms with Gasteiger partial charge in [0.1, 0.15) is 44.0 Å². The summed E-state index contributed by atoms with van der Waals surface area (Å²) in [7, 11) is 2.95. The number of ether oxygens (including phenoxy) is 6. The van der Waals surface area contributed by atoms with E-state index in [4.69, 9.17) is 28.4 Å². The molecule has 8 N–H and O–H groups in total. The molecule has 135 heavy (non-hydrogen) atoms. The van der Waals surface area contributed by atoms with Crippen LogP contribution in [-0.2, 0) is 62.9 Å². The van der Waals surface area contributed by atoms with Gasteiger partial charge < -0.3 is 86.7 Å². The van der Waals surface area contributed by atoms with E-state index < -0.39 is 41.4 Å². The van der Waals surface area contributed by atoms with Crippen molar-refractivity contribution >= 4 is 154 Å². The number of carbonyl (C=O) groups is 8. The number of aromatic nitrogens is 8. The Morgan fingerprint density at radius 3 is 1.42 bits per heavy atom. The van der Waals surface area contributed by atoms with Crippen molar-refractivity contribution < 1.29 is 109 Å². The number of morpholine rings is 4. The van der Waals surface area contributed by atoms with Crippen LogP contribution in [0.5, 0.6) is 11.5 Å². The van der Waals surface area contributed by atoms with Crippen molar-refractivity contribution in [3.63, 3.8) is 0 Å². The lowest BCUT2D eigenvalue weighted by molar-refractivity contribution is -0.137. The monoisotopic (exact) mass is 1930 g/mol. The number of alkyl halides is 5. The molecule has 1 aliphatic carbocycles. The van der Waals surface area contributed by atoms with E-state index in [0.717, 1.165) is 58.7 Å². The molecule has 0 unspecified atom stereocenters. The molecule has 1 atom stereocenters. The predicted octanol–water partition coefficient (Wildman–Crippen LogP) is 12.6. The molecule has 1 saturated carbocycles. The normalized spacial score (nSPS) is 15.4. The second kappa shape index (κ2) is 44.0. The highest BCUT2D eigenvalue weighted by Gasteiger charge is 2.39. The number of benzene rings is 8. The molecule has 5 aliphatic rings. The SMILES string of the molecule is COc1cc2c(cc1N1CCOCC1=O)nc(NC(=O)c1cccc(C(F)F)c1)n2[C@H](C)CCO.COc1ccc(C(=O)Nc2nc3cc(N4CCOCC4=O)ccc3n2CCCO)cc1C#N.O=C(Nc1nc2cc(N3CCOCC3=O)ccc2n1C1(CO)CCCCC1)c1cccc(C(F)(F)F)c1.O=C(Nc1nc2cc(N3CCOCC3=O)ccc2n1CCCO)c1cccc(Br)c1. The van der Waals surface area contributed by atoms with Crippen molar-refractivity contribution in [2.45, 2.75) is 95.6 Å². The number of nitrogens with zero attached hydrogens (tertiary/aromatic N) is 13. The van der Waals surface area contributed by atoms with Crippen LogP contribution in [0, 0.1) is 11.3 Å².